The number of nitrogens with zero attached hydrogens (tertiary/aromatic N) is 1. The van der Waals surface area contributed by atoms with E-state index in [1.54, 1.807) is 0 Å². The zero-order valence-corrected chi connectivity index (χ0v) is 13.1. The summed E-state index contributed by atoms with van der Waals surface area (Å²) in [6.45, 7) is 4.29. The smallest absolute Gasteiger partial charge is 0.251 e. The molecule has 3 heteroatoms. The molecule has 116 valence electrons. The van der Waals surface area contributed by atoms with E-state index < -0.39 is 0 Å². The maximum absolute atomic E-state index is 12.2. The van der Waals surface area contributed by atoms with Crippen LogP contribution >= 0.6 is 0 Å². The van der Waals surface area contributed by atoms with E-state index in [4.69, 9.17) is 0 Å². The van der Waals surface area contributed by atoms with Gasteiger partial charge in [-0.05, 0) is 61.8 Å². The number of benzene rings is 2. The standard InChI is InChI=1S/C19H24N2O/c22-19(20-11-6-14-21-12-4-1-5-13-21)18-10-9-16-7-2-3-8-17(16)15-18/h2-3,7-10,15H,1,4-6,11-14H2,(H,20,22). The van der Waals surface area contributed by atoms with Crippen molar-refractivity contribution >= 4 is 16.7 Å². The molecule has 1 N–H and O–H groups in total. The molecule has 0 bridgehead atoms. The predicted octanol–water partition coefficient (Wildman–Crippen LogP) is 3.45. The van der Waals surface area contributed by atoms with Gasteiger partial charge in [0.25, 0.3) is 5.91 Å². The molecule has 0 unspecified atom stereocenters. The first kappa shape index (κ1) is 15.0. The van der Waals surface area contributed by atoms with Gasteiger partial charge in [-0.25, -0.2) is 0 Å². The number of carbonyl (C=O) groups excluding carboxylic acids is 1. The third-order valence-corrected chi connectivity index (χ3v) is 4.40. The summed E-state index contributed by atoms with van der Waals surface area (Å²) in [5.41, 5.74) is 0.747. The minimum absolute atomic E-state index is 0.0318. The summed E-state index contributed by atoms with van der Waals surface area (Å²) < 4.78 is 0. The summed E-state index contributed by atoms with van der Waals surface area (Å²) in [4.78, 5) is 14.7. The van der Waals surface area contributed by atoms with E-state index in [2.05, 4.69) is 16.3 Å². The number of hydrogen-bond donors (Lipinski definition) is 1. The number of likely N-dealkylation sites (tertiary alicyclic amines) is 1. The van der Waals surface area contributed by atoms with E-state index in [0.29, 0.717) is 0 Å². The molecule has 1 heterocycles. The number of carbonyl (C=O) groups is 1. The Bertz CT molecular complexity index is 632. The van der Waals surface area contributed by atoms with Gasteiger partial charge in [0.15, 0.2) is 0 Å². The summed E-state index contributed by atoms with van der Waals surface area (Å²) in [7, 11) is 0. The monoisotopic (exact) mass is 296 g/mol. The number of rotatable bonds is 5. The molecule has 1 saturated heterocycles. The fourth-order valence-electron chi connectivity index (χ4n) is 3.12. The highest BCUT2D eigenvalue weighted by molar-refractivity contribution is 5.98. The van der Waals surface area contributed by atoms with Crippen LogP contribution in [0.4, 0.5) is 0 Å². The Balaban J connectivity index is 1.48. The van der Waals surface area contributed by atoms with Crippen LogP contribution in [0.1, 0.15) is 36.0 Å². The van der Waals surface area contributed by atoms with Gasteiger partial charge in [-0.3, -0.25) is 4.79 Å². The summed E-state index contributed by atoms with van der Waals surface area (Å²) in [5, 5.41) is 5.32. The minimum atomic E-state index is 0.0318. The van der Waals surface area contributed by atoms with E-state index >= 15 is 0 Å². The topological polar surface area (TPSA) is 32.3 Å². The molecular weight excluding hydrogens is 272 g/mol. The highest BCUT2D eigenvalue weighted by Gasteiger charge is 2.10. The lowest BCUT2D eigenvalue weighted by Gasteiger charge is -2.26. The average Bonchev–Trinajstić information content (AvgIpc) is 2.59. The van der Waals surface area contributed by atoms with E-state index in [0.717, 1.165) is 30.5 Å². The number of fused-ring (bicyclic) bond motifs is 1. The predicted molar refractivity (Wildman–Crippen MR) is 91.2 cm³/mol. The number of amides is 1. The third kappa shape index (κ3) is 3.86. The zero-order chi connectivity index (χ0) is 15.2. The van der Waals surface area contributed by atoms with Gasteiger partial charge in [0.1, 0.15) is 0 Å². The van der Waals surface area contributed by atoms with Crippen LogP contribution in [0.25, 0.3) is 10.8 Å². The first-order valence-corrected chi connectivity index (χ1v) is 8.32. The summed E-state index contributed by atoms with van der Waals surface area (Å²) >= 11 is 0. The van der Waals surface area contributed by atoms with Gasteiger partial charge >= 0.3 is 0 Å². The van der Waals surface area contributed by atoms with Gasteiger partial charge in [-0.15, -0.1) is 0 Å². The lowest BCUT2D eigenvalue weighted by molar-refractivity contribution is 0.0951. The molecule has 0 aliphatic carbocycles. The maximum atomic E-state index is 12.2. The maximum Gasteiger partial charge on any atom is 0.251 e. The van der Waals surface area contributed by atoms with Gasteiger partial charge in [0, 0.05) is 12.1 Å². The van der Waals surface area contributed by atoms with Gasteiger partial charge in [-0.2, -0.15) is 0 Å². The number of nitrogens with one attached hydrogen (secondary N) is 1. The Morgan fingerprint density at radius 3 is 2.59 bits per heavy atom. The van der Waals surface area contributed by atoms with Crippen molar-refractivity contribution in [2.45, 2.75) is 25.7 Å². The van der Waals surface area contributed by atoms with Crippen molar-refractivity contribution in [3.05, 3.63) is 48.0 Å². The molecule has 3 nitrogen and oxygen atoms in total. The van der Waals surface area contributed by atoms with Crippen molar-refractivity contribution < 1.29 is 4.79 Å². The van der Waals surface area contributed by atoms with Crippen LogP contribution in [-0.4, -0.2) is 37.0 Å². The zero-order valence-electron chi connectivity index (χ0n) is 13.1. The van der Waals surface area contributed by atoms with Crippen molar-refractivity contribution in [3.8, 4) is 0 Å². The van der Waals surface area contributed by atoms with Crippen molar-refractivity contribution in [2.75, 3.05) is 26.2 Å². The van der Waals surface area contributed by atoms with Gasteiger partial charge < -0.3 is 10.2 Å². The molecule has 2 aromatic carbocycles. The second-order valence-electron chi connectivity index (χ2n) is 6.07. The first-order chi connectivity index (χ1) is 10.8. The Labute approximate surface area is 132 Å². The van der Waals surface area contributed by atoms with Crippen molar-refractivity contribution in [1.29, 1.82) is 0 Å². The number of hydrogen-bond acceptors (Lipinski definition) is 2. The summed E-state index contributed by atoms with van der Waals surface area (Å²) in [6, 6.07) is 14.0. The molecule has 1 aliphatic heterocycles. The van der Waals surface area contributed by atoms with Gasteiger partial charge in [-0.1, -0.05) is 36.8 Å². The van der Waals surface area contributed by atoms with Crippen LogP contribution in [0.15, 0.2) is 42.5 Å². The Morgan fingerprint density at radius 1 is 1.00 bits per heavy atom. The second kappa shape index (κ2) is 7.41. The molecule has 0 aromatic heterocycles. The van der Waals surface area contributed by atoms with E-state index in [9.17, 15) is 4.79 Å². The van der Waals surface area contributed by atoms with Gasteiger partial charge in [0.05, 0.1) is 0 Å². The van der Waals surface area contributed by atoms with E-state index in [-0.39, 0.29) is 5.91 Å². The summed E-state index contributed by atoms with van der Waals surface area (Å²) in [5.74, 6) is 0.0318. The lowest BCUT2D eigenvalue weighted by atomic mass is 10.1. The minimum Gasteiger partial charge on any atom is -0.352 e. The fraction of sp³-hybridized carbons (Fsp3) is 0.421. The molecule has 0 radical (unpaired) electrons. The molecular formula is C19H24N2O. The van der Waals surface area contributed by atoms with Crippen molar-refractivity contribution in [2.24, 2.45) is 0 Å². The van der Waals surface area contributed by atoms with Crippen molar-refractivity contribution in [1.82, 2.24) is 10.2 Å². The molecule has 1 amide bonds. The Kier molecular flexibility index (Phi) is 5.07. The fourth-order valence-corrected chi connectivity index (χ4v) is 3.12. The molecule has 1 fully saturated rings. The summed E-state index contributed by atoms with van der Waals surface area (Å²) in [6.07, 6.45) is 5.04. The van der Waals surface area contributed by atoms with Gasteiger partial charge in [0.2, 0.25) is 0 Å². The SMILES string of the molecule is O=C(NCCCN1CCCCC1)c1ccc2ccccc2c1. The van der Waals surface area contributed by atoms with E-state index in [1.165, 1.54) is 37.7 Å². The van der Waals surface area contributed by atoms with Crippen LogP contribution in [0.3, 0.4) is 0 Å². The molecule has 3 rings (SSSR count). The normalized spacial score (nSPS) is 15.8. The highest BCUT2D eigenvalue weighted by Crippen LogP contribution is 2.15. The number of piperidine rings is 1. The van der Waals surface area contributed by atoms with Crippen LogP contribution < -0.4 is 5.32 Å². The van der Waals surface area contributed by atoms with Crippen LogP contribution in [-0.2, 0) is 0 Å². The lowest BCUT2D eigenvalue weighted by Crippen LogP contribution is -2.33. The van der Waals surface area contributed by atoms with E-state index in [1.807, 2.05) is 36.4 Å². The Morgan fingerprint density at radius 2 is 1.77 bits per heavy atom. The molecule has 2 aromatic rings. The third-order valence-electron chi connectivity index (χ3n) is 4.40. The molecule has 0 saturated carbocycles. The first-order valence-electron chi connectivity index (χ1n) is 8.32. The van der Waals surface area contributed by atoms with Crippen LogP contribution in [0, 0.1) is 0 Å². The molecule has 0 spiro atoms. The van der Waals surface area contributed by atoms with Crippen molar-refractivity contribution in [3.63, 3.8) is 0 Å². The molecule has 0 atom stereocenters. The largest absolute Gasteiger partial charge is 0.352 e. The molecule has 22 heavy (non-hydrogen) atoms. The second-order valence-corrected chi connectivity index (χ2v) is 6.07. The Hall–Kier alpha value is -1.87. The average molecular weight is 296 g/mol. The van der Waals surface area contributed by atoms with Crippen LogP contribution in [0.2, 0.25) is 0 Å². The quantitative estimate of drug-likeness (QED) is 0.857. The van der Waals surface area contributed by atoms with Crippen LogP contribution in [0.5, 0.6) is 0 Å². The highest BCUT2D eigenvalue weighted by atomic mass is 16.1. The molecule has 1 aliphatic rings.